The number of rotatable bonds is 1. The van der Waals surface area contributed by atoms with E-state index < -0.39 is 0 Å². The molecule has 0 aliphatic carbocycles. The zero-order chi connectivity index (χ0) is 11.9. The van der Waals surface area contributed by atoms with Crippen LogP contribution in [0, 0.1) is 12.3 Å². The van der Waals surface area contributed by atoms with Crippen molar-refractivity contribution in [3.05, 3.63) is 35.4 Å². The van der Waals surface area contributed by atoms with Crippen molar-refractivity contribution < 1.29 is 4.79 Å². The van der Waals surface area contributed by atoms with Crippen LogP contribution in [0.5, 0.6) is 0 Å². The van der Waals surface area contributed by atoms with Gasteiger partial charge in [0.15, 0.2) is 0 Å². The Balaban J connectivity index is 2.34. The first-order valence-corrected chi connectivity index (χ1v) is 5.57. The highest BCUT2D eigenvalue weighted by atomic mass is 16.2. The van der Waals surface area contributed by atoms with Crippen LogP contribution in [0.4, 0.5) is 0 Å². The maximum absolute atomic E-state index is 11.9. The van der Waals surface area contributed by atoms with Crippen molar-refractivity contribution in [2.24, 2.45) is 11.3 Å². The first-order valence-electron chi connectivity index (χ1n) is 5.57. The van der Waals surface area contributed by atoms with Crippen LogP contribution < -0.4 is 5.84 Å². The molecule has 0 bridgehead atoms. The van der Waals surface area contributed by atoms with Gasteiger partial charge in [-0.05, 0) is 18.9 Å². The average Bonchev–Trinajstić information content (AvgIpc) is 2.42. The molecular formula is C13H18N2O. The molecule has 1 unspecified atom stereocenters. The van der Waals surface area contributed by atoms with Gasteiger partial charge in [0.1, 0.15) is 0 Å². The SMILES string of the molecule is Cc1cccc(C2CC(C)(C)C(=O)N2N)c1. The van der Waals surface area contributed by atoms with Crippen LogP contribution in [-0.4, -0.2) is 10.9 Å². The highest BCUT2D eigenvalue weighted by molar-refractivity contribution is 5.84. The fourth-order valence-corrected chi connectivity index (χ4v) is 2.32. The van der Waals surface area contributed by atoms with Crippen LogP contribution in [-0.2, 0) is 4.79 Å². The molecule has 1 aromatic rings. The molecule has 1 aliphatic heterocycles. The molecule has 1 aliphatic rings. The van der Waals surface area contributed by atoms with Gasteiger partial charge in [0.25, 0.3) is 0 Å². The van der Waals surface area contributed by atoms with Gasteiger partial charge in [-0.3, -0.25) is 9.80 Å². The van der Waals surface area contributed by atoms with E-state index in [9.17, 15) is 4.79 Å². The van der Waals surface area contributed by atoms with E-state index in [-0.39, 0.29) is 17.4 Å². The molecule has 2 N–H and O–H groups in total. The van der Waals surface area contributed by atoms with Gasteiger partial charge in [0.05, 0.1) is 6.04 Å². The van der Waals surface area contributed by atoms with E-state index in [1.54, 1.807) is 0 Å². The summed E-state index contributed by atoms with van der Waals surface area (Å²) in [6.45, 7) is 5.95. The van der Waals surface area contributed by atoms with Crippen molar-refractivity contribution in [1.82, 2.24) is 5.01 Å². The molecule has 0 saturated carbocycles. The monoisotopic (exact) mass is 218 g/mol. The van der Waals surface area contributed by atoms with Gasteiger partial charge in [-0.15, -0.1) is 0 Å². The molecule has 1 amide bonds. The van der Waals surface area contributed by atoms with Gasteiger partial charge in [-0.2, -0.15) is 0 Å². The number of nitrogens with two attached hydrogens (primary N) is 1. The second-order valence-corrected chi connectivity index (χ2v) is 5.23. The lowest BCUT2D eigenvalue weighted by molar-refractivity contribution is -0.135. The van der Waals surface area contributed by atoms with Gasteiger partial charge in [-0.25, -0.2) is 5.84 Å². The summed E-state index contributed by atoms with van der Waals surface area (Å²) in [5.41, 5.74) is 1.98. The molecular weight excluding hydrogens is 200 g/mol. The molecule has 2 rings (SSSR count). The zero-order valence-electron chi connectivity index (χ0n) is 10.0. The molecule has 86 valence electrons. The van der Waals surface area contributed by atoms with Crippen molar-refractivity contribution in [3.63, 3.8) is 0 Å². The molecule has 0 aromatic heterocycles. The Kier molecular flexibility index (Phi) is 2.50. The number of benzene rings is 1. The van der Waals surface area contributed by atoms with Crippen LogP contribution in [0.2, 0.25) is 0 Å². The fraction of sp³-hybridized carbons (Fsp3) is 0.462. The molecule has 1 aromatic carbocycles. The summed E-state index contributed by atoms with van der Waals surface area (Å²) in [5, 5.41) is 1.38. The molecule has 16 heavy (non-hydrogen) atoms. The zero-order valence-corrected chi connectivity index (χ0v) is 10.0. The third-order valence-corrected chi connectivity index (χ3v) is 3.28. The van der Waals surface area contributed by atoms with Crippen molar-refractivity contribution in [1.29, 1.82) is 0 Å². The second-order valence-electron chi connectivity index (χ2n) is 5.23. The van der Waals surface area contributed by atoms with Crippen molar-refractivity contribution >= 4 is 5.91 Å². The molecule has 1 heterocycles. The molecule has 3 nitrogen and oxygen atoms in total. The van der Waals surface area contributed by atoms with Crippen molar-refractivity contribution in [2.45, 2.75) is 33.2 Å². The largest absolute Gasteiger partial charge is 0.273 e. The van der Waals surface area contributed by atoms with E-state index >= 15 is 0 Å². The predicted octanol–water partition coefficient (Wildman–Crippen LogP) is 2.17. The van der Waals surface area contributed by atoms with E-state index in [0.29, 0.717) is 0 Å². The molecule has 0 spiro atoms. The standard InChI is InChI=1S/C13H18N2O/c1-9-5-4-6-10(7-9)11-8-13(2,3)12(16)15(11)14/h4-7,11H,8,14H2,1-3H3. The lowest BCUT2D eigenvalue weighted by Crippen LogP contribution is -2.37. The number of hydrogen-bond donors (Lipinski definition) is 1. The van der Waals surface area contributed by atoms with Gasteiger partial charge >= 0.3 is 0 Å². The number of amides is 1. The summed E-state index contributed by atoms with van der Waals surface area (Å²) < 4.78 is 0. The normalized spacial score (nSPS) is 23.9. The Labute approximate surface area is 96.2 Å². The predicted molar refractivity (Wildman–Crippen MR) is 63.4 cm³/mol. The highest BCUT2D eigenvalue weighted by Crippen LogP contribution is 2.41. The van der Waals surface area contributed by atoms with E-state index in [0.717, 1.165) is 12.0 Å². The number of hydrogen-bond acceptors (Lipinski definition) is 2. The van der Waals surface area contributed by atoms with E-state index in [1.165, 1.54) is 10.6 Å². The van der Waals surface area contributed by atoms with Gasteiger partial charge < -0.3 is 0 Å². The molecule has 3 heteroatoms. The summed E-state index contributed by atoms with van der Waals surface area (Å²) in [4.78, 5) is 11.9. The molecule has 1 fully saturated rings. The quantitative estimate of drug-likeness (QED) is 0.580. The number of hydrazine groups is 1. The minimum Gasteiger partial charge on any atom is -0.273 e. The Morgan fingerprint density at radius 3 is 2.62 bits per heavy atom. The minimum absolute atomic E-state index is 0.0161. The number of aryl methyl sites for hydroxylation is 1. The third-order valence-electron chi connectivity index (χ3n) is 3.28. The smallest absolute Gasteiger partial charge is 0.242 e. The Morgan fingerprint density at radius 2 is 2.12 bits per heavy atom. The Bertz CT molecular complexity index is 426. The first kappa shape index (κ1) is 11.1. The van der Waals surface area contributed by atoms with Crippen molar-refractivity contribution in [2.75, 3.05) is 0 Å². The van der Waals surface area contributed by atoms with Crippen LogP contribution in [0.1, 0.15) is 37.4 Å². The molecule has 0 radical (unpaired) electrons. The minimum atomic E-state index is -0.344. The Hall–Kier alpha value is -1.35. The summed E-state index contributed by atoms with van der Waals surface area (Å²) in [6, 6.07) is 8.20. The van der Waals surface area contributed by atoms with Crippen LogP contribution in [0.15, 0.2) is 24.3 Å². The second kappa shape index (κ2) is 3.59. The maximum atomic E-state index is 11.9. The Morgan fingerprint density at radius 1 is 1.44 bits per heavy atom. The van der Waals surface area contributed by atoms with Gasteiger partial charge in [-0.1, -0.05) is 43.7 Å². The fourth-order valence-electron chi connectivity index (χ4n) is 2.32. The maximum Gasteiger partial charge on any atom is 0.242 e. The van der Waals surface area contributed by atoms with Crippen LogP contribution in [0.3, 0.4) is 0 Å². The number of nitrogens with zero attached hydrogens (tertiary/aromatic N) is 1. The lowest BCUT2D eigenvalue weighted by Gasteiger charge is -2.19. The summed E-state index contributed by atoms with van der Waals surface area (Å²) in [6.07, 6.45) is 0.784. The van der Waals surface area contributed by atoms with Crippen LogP contribution in [0.25, 0.3) is 0 Å². The summed E-state index contributed by atoms with van der Waals surface area (Å²) in [5.74, 6) is 5.89. The summed E-state index contributed by atoms with van der Waals surface area (Å²) >= 11 is 0. The average molecular weight is 218 g/mol. The van der Waals surface area contributed by atoms with Crippen molar-refractivity contribution in [3.8, 4) is 0 Å². The highest BCUT2D eigenvalue weighted by Gasteiger charge is 2.44. The van der Waals surface area contributed by atoms with Gasteiger partial charge in [0.2, 0.25) is 5.91 Å². The van der Waals surface area contributed by atoms with Gasteiger partial charge in [0, 0.05) is 5.41 Å². The van der Waals surface area contributed by atoms with E-state index in [4.69, 9.17) is 5.84 Å². The topological polar surface area (TPSA) is 46.3 Å². The van der Waals surface area contributed by atoms with Crippen LogP contribution >= 0.6 is 0 Å². The third kappa shape index (κ3) is 1.71. The van der Waals surface area contributed by atoms with E-state index in [2.05, 4.69) is 6.07 Å². The number of carbonyl (C=O) groups is 1. The summed E-state index contributed by atoms with van der Waals surface area (Å²) in [7, 11) is 0. The molecule has 1 atom stereocenters. The molecule has 1 saturated heterocycles. The van der Waals surface area contributed by atoms with E-state index in [1.807, 2.05) is 39.0 Å². The lowest BCUT2D eigenvalue weighted by atomic mass is 9.88. The first-order chi connectivity index (χ1) is 7.42. The number of carbonyl (C=O) groups excluding carboxylic acids is 1.